The highest BCUT2D eigenvalue weighted by Gasteiger charge is 2.38. The fourth-order valence-corrected chi connectivity index (χ4v) is 1.03. The van der Waals surface area contributed by atoms with Crippen LogP contribution in [0.15, 0.2) is 0 Å². The molecule has 0 aromatic carbocycles. The van der Waals surface area contributed by atoms with Gasteiger partial charge in [0.05, 0.1) is 0 Å². The minimum Gasteiger partial charge on any atom is -0.475 e. The van der Waals surface area contributed by atoms with Gasteiger partial charge in [-0.15, -0.1) is 0 Å². The maximum atomic E-state index is 10.6. The molecule has 10 heteroatoms. The predicted octanol–water partition coefficient (Wildman–Crippen LogP) is 5.02. The molecule has 0 amide bonds. The summed E-state index contributed by atoms with van der Waals surface area (Å²) in [4.78, 5) is 17.8. The van der Waals surface area contributed by atoms with Gasteiger partial charge in [-0.1, -0.05) is 58.8 Å². The van der Waals surface area contributed by atoms with Crippen LogP contribution in [-0.4, -0.2) is 34.5 Å². The molecule has 0 aliphatic carbocycles. The molecular formula is C13H22F6O4. The minimum atomic E-state index is -5.08. The summed E-state index contributed by atoms with van der Waals surface area (Å²) in [5.41, 5.74) is 0. The fraction of sp³-hybridized carbons (Fsp3) is 0.846. The van der Waals surface area contributed by atoms with E-state index in [1.54, 1.807) is 0 Å². The Morgan fingerprint density at radius 3 is 0.957 bits per heavy atom. The third kappa shape index (κ3) is 25.8. The van der Waals surface area contributed by atoms with Gasteiger partial charge >= 0.3 is 24.3 Å². The van der Waals surface area contributed by atoms with Gasteiger partial charge in [0.1, 0.15) is 0 Å². The van der Waals surface area contributed by atoms with Crippen LogP contribution in [-0.2, 0) is 9.59 Å². The van der Waals surface area contributed by atoms with Gasteiger partial charge in [0.25, 0.3) is 0 Å². The first-order chi connectivity index (χ1) is 10.3. The van der Waals surface area contributed by atoms with Crippen molar-refractivity contribution in [3.05, 3.63) is 0 Å². The van der Waals surface area contributed by atoms with Crippen LogP contribution in [0.1, 0.15) is 58.8 Å². The van der Waals surface area contributed by atoms with Gasteiger partial charge in [-0.25, -0.2) is 9.59 Å². The lowest BCUT2D eigenvalue weighted by atomic mass is 10.1. The van der Waals surface area contributed by atoms with E-state index in [9.17, 15) is 26.3 Å². The van der Waals surface area contributed by atoms with Crippen LogP contribution in [0.25, 0.3) is 0 Å². The van der Waals surface area contributed by atoms with Crippen molar-refractivity contribution in [1.82, 2.24) is 0 Å². The van der Waals surface area contributed by atoms with Crippen molar-refractivity contribution in [3.8, 4) is 0 Å². The topological polar surface area (TPSA) is 74.6 Å². The molecule has 0 unspecified atom stereocenters. The van der Waals surface area contributed by atoms with Crippen LogP contribution in [0.4, 0.5) is 26.3 Å². The average molecular weight is 356 g/mol. The van der Waals surface area contributed by atoms with Crippen molar-refractivity contribution in [2.75, 3.05) is 0 Å². The summed E-state index contributed by atoms with van der Waals surface area (Å²) in [5.74, 6) is -5.51. The van der Waals surface area contributed by atoms with E-state index < -0.39 is 24.3 Å². The van der Waals surface area contributed by atoms with Gasteiger partial charge in [-0.05, 0) is 0 Å². The number of halogens is 6. The third-order valence-corrected chi connectivity index (χ3v) is 2.19. The first kappa shape index (κ1) is 26.4. The molecule has 0 radical (unpaired) electrons. The van der Waals surface area contributed by atoms with E-state index in [4.69, 9.17) is 19.8 Å². The van der Waals surface area contributed by atoms with E-state index in [0.717, 1.165) is 0 Å². The second kappa shape index (κ2) is 14.1. The quantitative estimate of drug-likeness (QED) is 0.517. The molecule has 0 rings (SSSR count). The molecule has 0 heterocycles. The summed E-state index contributed by atoms with van der Waals surface area (Å²) in [6, 6.07) is 0. The van der Waals surface area contributed by atoms with Crippen LogP contribution >= 0.6 is 0 Å². The van der Waals surface area contributed by atoms with E-state index >= 15 is 0 Å². The van der Waals surface area contributed by atoms with Crippen LogP contribution in [0.2, 0.25) is 0 Å². The summed E-state index contributed by atoms with van der Waals surface area (Å²) < 4.78 is 63.5. The summed E-state index contributed by atoms with van der Waals surface area (Å²) in [5, 5.41) is 14.2. The van der Waals surface area contributed by atoms with Crippen molar-refractivity contribution in [2.24, 2.45) is 0 Å². The molecule has 0 aromatic rings. The van der Waals surface area contributed by atoms with Crippen molar-refractivity contribution in [2.45, 2.75) is 71.1 Å². The van der Waals surface area contributed by atoms with E-state index in [0.29, 0.717) is 0 Å². The fourth-order valence-electron chi connectivity index (χ4n) is 1.03. The Morgan fingerprint density at radius 1 is 0.652 bits per heavy atom. The van der Waals surface area contributed by atoms with Gasteiger partial charge in [-0.2, -0.15) is 26.3 Å². The molecule has 140 valence electrons. The maximum absolute atomic E-state index is 10.6. The van der Waals surface area contributed by atoms with E-state index in [1.165, 1.54) is 44.9 Å². The first-order valence-electron chi connectivity index (χ1n) is 6.90. The second-order valence-corrected chi connectivity index (χ2v) is 4.37. The van der Waals surface area contributed by atoms with Gasteiger partial charge < -0.3 is 10.2 Å². The molecule has 0 fully saturated rings. The number of alkyl halides is 6. The highest BCUT2D eigenvalue weighted by atomic mass is 19.4. The lowest BCUT2D eigenvalue weighted by Crippen LogP contribution is -2.21. The van der Waals surface area contributed by atoms with Crippen LogP contribution in [0.3, 0.4) is 0 Å². The third-order valence-electron chi connectivity index (χ3n) is 2.19. The summed E-state index contributed by atoms with van der Waals surface area (Å²) in [6.07, 6.45) is -0.194. The molecule has 0 atom stereocenters. The zero-order valence-corrected chi connectivity index (χ0v) is 12.9. The Balaban J connectivity index is -0.000000264. The molecule has 0 bridgehead atoms. The van der Waals surface area contributed by atoms with E-state index in [1.807, 2.05) is 0 Å². The maximum Gasteiger partial charge on any atom is 0.490 e. The summed E-state index contributed by atoms with van der Waals surface area (Å²) >= 11 is 0. The molecule has 2 N–H and O–H groups in total. The van der Waals surface area contributed by atoms with Crippen molar-refractivity contribution in [1.29, 1.82) is 0 Å². The molecule has 0 saturated carbocycles. The molecule has 0 spiro atoms. The number of carbonyl (C=O) groups is 2. The average Bonchev–Trinajstić information content (AvgIpc) is 2.38. The molecule has 0 saturated heterocycles. The first-order valence-corrected chi connectivity index (χ1v) is 6.90. The van der Waals surface area contributed by atoms with Gasteiger partial charge in [-0.3, -0.25) is 0 Å². The monoisotopic (exact) mass is 356 g/mol. The number of carboxylic acids is 2. The normalized spacial score (nSPS) is 10.8. The zero-order chi connectivity index (χ0) is 19.1. The van der Waals surface area contributed by atoms with Crippen molar-refractivity contribution in [3.63, 3.8) is 0 Å². The number of hydrogen-bond acceptors (Lipinski definition) is 2. The number of carboxylic acid groups (broad SMARTS) is 2. The number of aliphatic carboxylic acids is 2. The van der Waals surface area contributed by atoms with Crippen molar-refractivity contribution < 1.29 is 46.1 Å². The van der Waals surface area contributed by atoms with Gasteiger partial charge in [0, 0.05) is 0 Å². The smallest absolute Gasteiger partial charge is 0.475 e. The van der Waals surface area contributed by atoms with Crippen LogP contribution < -0.4 is 0 Å². The molecule has 0 aromatic heterocycles. The molecular weight excluding hydrogens is 334 g/mol. The highest BCUT2D eigenvalue weighted by Crippen LogP contribution is 2.13. The van der Waals surface area contributed by atoms with Gasteiger partial charge in [0.2, 0.25) is 0 Å². The SMILES string of the molecule is CCCCCCCCC.O=C(O)C(F)(F)F.O=C(O)C(F)(F)F. The van der Waals surface area contributed by atoms with Crippen LogP contribution in [0.5, 0.6) is 0 Å². The molecule has 4 nitrogen and oxygen atoms in total. The number of hydrogen-bond donors (Lipinski definition) is 2. The predicted molar refractivity (Wildman–Crippen MR) is 71.0 cm³/mol. The molecule has 23 heavy (non-hydrogen) atoms. The highest BCUT2D eigenvalue weighted by molar-refractivity contribution is 5.73. The largest absolute Gasteiger partial charge is 0.490 e. The summed E-state index contributed by atoms with van der Waals surface area (Å²) in [7, 11) is 0. The number of rotatable bonds is 6. The molecule has 0 aliphatic rings. The Labute approximate surface area is 130 Å². The molecule has 0 aliphatic heterocycles. The second-order valence-electron chi connectivity index (χ2n) is 4.37. The van der Waals surface area contributed by atoms with E-state index in [2.05, 4.69) is 13.8 Å². The van der Waals surface area contributed by atoms with Gasteiger partial charge in [0.15, 0.2) is 0 Å². The standard InChI is InChI=1S/C9H20.2C2HF3O2/c1-3-5-7-9-8-6-4-2;2*3-2(4,5)1(6)7/h3-9H2,1-2H3;2*(H,6,7). The lowest BCUT2D eigenvalue weighted by molar-refractivity contribution is -0.193. The number of unbranched alkanes of at least 4 members (excludes halogenated alkanes) is 6. The Morgan fingerprint density at radius 2 is 0.826 bits per heavy atom. The zero-order valence-electron chi connectivity index (χ0n) is 12.9. The summed E-state index contributed by atoms with van der Waals surface area (Å²) in [6.45, 7) is 4.53. The Kier molecular flexibility index (Phi) is 16.2. The Hall–Kier alpha value is -1.48. The van der Waals surface area contributed by atoms with E-state index in [-0.39, 0.29) is 0 Å². The van der Waals surface area contributed by atoms with Crippen LogP contribution in [0, 0.1) is 0 Å². The minimum absolute atomic E-state index is 1.37. The van der Waals surface area contributed by atoms with Crippen molar-refractivity contribution >= 4 is 11.9 Å². The Bertz CT molecular complexity index is 283. The lowest BCUT2D eigenvalue weighted by Gasteiger charge is -1.96.